The Hall–Kier alpha value is -0.120. The lowest BCUT2D eigenvalue weighted by atomic mass is 10.5. The van der Waals surface area contributed by atoms with Crippen molar-refractivity contribution in [2.75, 3.05) is 19.8 Å². The molecule has 1 rings (SSSR count). The molecule has 0 atom stereocenters. The van der Waals surface area contributed by atoms with E-state index < -0.39 is 0 Å². The van der Waals surface area contributed by atoms with Crippen LogP contribution in [0.15, 0.2) is 0 Å². The van der Waals surface area contributed by atoms with E-state index in [4.69, 9.17) is 14.2 Å². The molecule has 0 radical (unpaired) electrons. The van der Waals surface area contributed by atoms with Gasteiger partial charge in [-0.3, -0.25) is 0 Å². The molecule has 1 aliphatic heterocycles. The molecule has 1 aliphatic rings. The molecule has 0 saturated carbocycles. The highest BCUT2D eigenvalue weighted by Crippen LogP contribution is 2.04. The van der Waals surface area contributed by atoms with E-state index in [1.165, 1.54) is 0 Å². The summed E-state index contributed by atoms with van der Waals surface area (Å²) in [5.74, 6) is 0. The van der Waals surface area contributed by atoms with Crippen molar-refractivity contribution in [2.45, 2.75) is 26.2 Å². The molecule has 10 heavy (non-hydrogen) atoms. The Balaban J connectivity index is 2.01. The van der Waals surface area contributed by atoms with Gasteiger partial charge in [-0.15, -0.1) is 0 Å². The molecule has 3 heteroatoms. The van der Waals surface area contributed by atoms with E-state index >= 15 is 0 Å². The molecule has 0 aromatic heterocycles. The summed E-state index contributed by atoms with van der Waals surface area (Å²) in [5.41, 5.74) is 0. The van der Waals surface area contributed by atoms with Gasteiger partial charge in [-0.25, -0.2) is 0 Å². The fourth-order valence-corrected chi connectivity index (χ4v) is 0.774. The number of rotatable bonds is 3. The van der Waals surface area contributed by atoms with Crippen molar-refractivity contribution in [3.63, 3.8) is 0 Å². The van der Waals surface area contributed by atoms with Crippen molar-refractivity contribution >= 4 is 0 Å². The first-order valence-corrected chi connectivity index (χ1v) is 3.64. The molecule has 0 aromatic carbocycles. The van der Waals surface area contributed by atoms with Crippen LogP contribution in [-0.2, 0) is 14.2 Å². The minimum atomic E-state index is -0.123. The highest BCUT2D eigenvalue weighted by atomic mass is 16.7. The maximum absolute atomic E-state index is 5.28. The quantitative estimate of drug-likeness (QED) is 0.589. The van der Waals surface area contributed by atoms with Gasteiger partial charge in [0.15, 0.2) is 6.29 Å². The zero-order chi connectivity index (χ0) is 7.40. The second-order valence-electron chi connectivity index (χ2n) is 2.55. The summed E-state index contributed by atoms with van der Waals surface area (Å²) in [7, 11) is 0. The third-order valence-corrected chi connectivity index (χ3v) is 1.26. The van der Waals surface area contributed by atoms with E-state index in [1.807, 2.05) is 13.8 Å². The van der Waals surface area contributed by atoms with Crippen LogP contribution < -0.4 is 0 Å². The lowest BCUT2D eigenvalue weighted by Gasteiger charge is -2.11. The maximum atomic E-state index is 5.28. The summed E-state index contributed by atoms with van der Waals surface area (Å²) in [5, 5.41) is 0. The maximum Gasteiger partial charge on any atom is 0.181 e. The van der Waals surface area contributed by atoms with Crippen molar-refractivity contribution in [1.29, 1.82) is 0 Å². The van der Waals surface area contributed by atoms with Gasteiger partial charge in [0.1, 0.15) is 0 Å². The van der Waals surface area contributed by atoms with Crippen molar-refractivity contribution < 1.29 is 14.2 Å². The molecule has 1 saturated heterocycles. The van der Waals surface area contributed by atoms with Gasteiger partial charge < -0.3 is 14.2 Å². The largest absolute Gasteiger partial charge is 0.374 e. The predicted octanol–water partition coefficient (Wildman–Crippen LogP) is 0.784. The normalized spacial score (nSPS) is 20.7. The monoisotopic (exact) mass is 146 g/mol. The molecule has 0 aromatic rings. The van der Waals surface area contributed by atoms with E-state index in [-0.39, 0.29) is 12.4 Å². The lowest BCUT2D eigenvalue weighted by molar-refractivity contribution is -0.105. The molecule has 0 amide bonds. The van der Waals surface area contributed by atoms with Crippen molar-refractivity contribution in [2.24, 2.45) is 0 Å². The molecule has 0 spiro atoms. The van der Waals surface area contributed by atoms with Crippen LogP contribution in [0.1, 0.15) is 13.8 Å². The van der Waals surface area contributed by atoms with Gasteiger partial charge in [0.05, 0.1) is 25.9 Å². The van der Waals surface area contributed by atoms with E-state index in [9.17, 15) is 0 Å². The lowest BCUT2D eigenvalue weighted by Crippen LogP contribution is -2.18. The smallest absolute Gasteiger partial charge is 0.181 e. The van der Waals surface area contributed by atoms with Crippen molar-refractivity contribution in [3.8, 4) is 0 Å². The summed E-state index contributed by atoms with van der Waals surface area (Å²) in [6.45, 7) is 5.94. The fraction of sp³-hybridized carbons (Fsp3) is 1.00. The molecule has 1 heterocycles. The Morgan fingerprint density at radius 3 is 2.50 bits per heavy atom. The first-order chi connectivity index (χ1) is 4.79. The molecular weight excluding hydrogens is 132 g/mol. The highest BCUT2D eigenvalue weighted by molar-refractivity contribution is 4.50. The van der Waals surface area contributed by atoms with E-state index in [0.29, 0.717) is 19.8 Å². The van der Waals surface area contributed by atoms with Gasteiger partial charge in [-0.05, 0) is 13.8 Å². The summed E-state index contributed by atoms with van der Waals surface area (Å²) < 4.78 is 15.6. The number of ether oxygens (including phenoxy) is 3. The molecule has 0 N–H and O–H groups in total. The first kappa shape index (κ1) is 7.98. The van der Waals surface area contributed by atoms with Crippen molar-refractivity contribution in [3.05, 3.63) is 0 Å². The van der Waals surface area contributed by atoms with Crippen LogP contribution in [0.2, 0.25) is 0 Å². The van der Waals surface area contributed by atoms with E-state index in [0.717, 1.165) is 0 Å². The van der Waals surface area contributed by atoms with Crippen LogP contribution in [0.4, 0.5) is 0 Å². The summed E-state index contributed by atoms with van der Waals surface area (Å²) in [6.07, 6.45) is 0.134. The molecule has 0 bridgehead atoms. The predicted molar refractivity (Wildman–Crippen MR) is 36.8 cm³/mol. The summed E-state index contributed by atoms with van der Waals surface area (Å²) in [4.78, 5) is 0. The van der Waals surface area contributed by atoms with Gasteiger partial charge in [0, 0.05) is 0 Å². The Morgan fingerprint density at radius 1 is 1.40 bits per heavy atom. The Kier molecular flexibility index (Phi) is 3.12. The van der Waals surface area contributed by atoms with E-state index in [1.54, 1.807) is 0 Å². The zero-order valence-corrected chi connectivity index (χ0v) is 6.50. The molecule has 0 unspecified atom stereocenters. The van der Waals surface area contributed by atoms with Gasteiger partial charge in [-0.1, -0.05) is 0 Å². The standard InChI is InChI=1S/C7H14O3/c1-6(2)10-5-7-8-3-4-9-7/h6-7H,3-5H2,1-2H3. The molecule has 60 valence electrons. The Labute approximate surface area is 61.3 Å². The minimum Gasteiger partial charge on any atom is -0.374 e. The second-order valence-corrected chi connectivity index (χ2v) is 2.55. The van der Waals surface area contributed by atoms with Crippen LogP contribution in [0.5, 0.6) is 0 Å². The molecule has 3 nitrogen and oxygen atoms in total. The Morgan fingerprint density at radius 2 is 2.00 bits per heavy atom. The van der Waals surface area contributed by atoms with Gasteiger partial charge >= 0.3 is 0 Å². The van der Waals surface area contributed by atoms with E-state index in [2.05, 4.69) is 0 Å². The SMILES string of the molecule is CC(C)OCC1OCCO1. The molecule has 0 aliphatic carbocycles. The van der Waals surface area contributed by atoms with Gasteiger partial charge in [-0.2, -0.15) is 0 Å². The number of hydrogen-bond donors (Lipinski definition) is 0. The van der Waals surface area contributed by atoms with Crippen LogP contribution in [-0.4, -0.2) is 32.2 Å². The van der Waals surface area contributed by atoms with Crippen LogP contribution in [0.25, 0.3) is 0 Å². The molecular formula is C7H14O3. The average molecular weight is 146 g/mol. The highest BCUT2D eigenvalue weighted by Gasteiger charge is 2.15. The average Bonchev–Trinajstić information content (AvgIpc) is 2.34. The third-order valence-electron chi connectivity index (χ3n) is 1.26. The van der Waals surface area contributed by atoms with Crippen LogP contribution >= 0.6 is 0 Å². The first-order valence-electron chi connectivity index (χ1n) is 3.64. The van der Waals surface area contributed by atoms with Gasteiger partial charge in [0.25, 0.3) is 0 Å². The third kappa shape index (κ3) is 2.64. The second kappa shape index (κ2) is 3.91. The summed E-state index contributed by atoms with van der Waals surface area (Å²) in [6, 6.07) is 0. The van der Waals surface area contributed by atoms with Crippen molar-refractivity contribution in [1.82, 2.24) is 0 Å². The zero-order valence-electron chi connectivity index (χ0n) is 6.50. The molecule has 1 fully saturated rings. The topological polar surface area (TPSA) is 27.7 Å². The summed E-state index contributed by atoms with van der Waals surface area (Å²) >= 11 is 0. The Bertz CT molecular complexity index is 86.9. The van der Waals surface area contributed by atoms with Crippen LogP contribution in [0.3, 0.4) is 0 Å². The van der Waals surface area contributed by atoms with Crippen LogP contribution in [0, 0.1) is 0 Å². The van der Waals surface area contributed by atoms with Gasteiger partial charge in [0.2, 0.25) is 0 Å². The minimum absolute atomic E-state index is 0.123. The fourth-order valence-electron chi connectivity index (χ4n) is 0.774. The number of hydrogen-bond acceptors (Lipinski definition) is 3.